The van der Waals surface area contributed by atoms with Gasteiger partial charge in [-0.25, -0.2) is 9.67 Å². The van der Waals surface area contributed by atoms with E-state index < -0.39 is 5.60 Å². The van der Waals surface area contributed by atoms with E-state index >= 15 is 0 Å². The third kappa shape index (κ3) is 2.87. The van der Waals surface area contributed by atoms with Crippen LogP contribution in [0.1, 0.15) is 25.3 Å². The van der Waals surface area contributed by atoms with Crippen molar-refractivity contribution < 1.29 is 5.11 Å². The maximum absolute atomic E-state index is 11.1. The minimum atomic E-state index is -0.868. The predicted molar refractivity (Wildman–Crippen MR) is 82.8 cm³/mol. The lowest BCUT2D eigenvalue weighted by Gasteiger charge is -2.29. The van der Waals surface area contributed by atoms with Crippen molar-refractivity contribution in [1.82, 2.24) is 14.8 Å². The summed E-state index contributed by atoms with van der Waals surface area (Å²) in [6, 6.07) is 7.66. The molecule has 1 saturated carbocycles. The van der Waals surface area contributed by atoms with Crippen molar-refractivity contribution in [2.24, 2.45) is 5.92 Å². The molecule has 0 bridgehead atoms. The molecular weight excluding hydrogens is 286 g/mol. The van der Waals surface area contributed by atoms with E-state index in [1.807, 2.05) is 24.3 Å². The van der Waals surface area contributed by atoms with Crippen LogP contribution in [0.25, 0.3) is 6.08 Å². The normalized spacial score (nSPS) is 27.4. The summed E-state index contributed by atoms with van der Waals surface area (Å²) in [4.78, 5) is 3.95. The van der Waals surface area contributed by atoms with E-state index in [9.17, 15) is 5.11 Å². The van der Waals surface area contributed by atoms with Gasteiger partial charge in [0.1, 0.15) is 18.3 Å². The SMILES string of the molecule is CC1CCC(=Cc2ccc(Cl)cc2)C1(O)Cn1cncn1. The Morgan fingerprint density at radius 3 is 2.86 bits per heavy atom. The lowest BCUT2D eigenvalue weighted by molar-refractivity contribution is 0.0234. The third-order valence-electron chi connectivity index (χ3n) is 4.30. The van der Waals surface area contributed by atoms with E-state index in [0.717, 1.165) is 29.0 Å². The molecule has 0 radical (unpaired) electrons. The van der Waals surface area contributed by atoms with Crippen LogP contribution >= 0.6 is 11.6 Å². The first-order valence-corrected chi connectivity index (χ1v) is 7.47. The van der Waals surface area contributed by atoms with Gasteiger partial charge in [0.25, 0.3) is 0 Å². The molecule has 0 aliphatic heterocycles. The van der Waals surface area contributed by atoms with Crippen LogP contribution in [-0.2, 0) is 6.54 Å². The second kappa shape index (κ2) is 5.62. The smallest absolute Gasteiger partial charge is 0.137 e. The zero-order chi connectivity index (χ0) is 14.9. The van der Waals surface area contributed by atoms with Crippen LogP contribution in [0.5, 0.6) is 0 Å². The maximum Gasteiger partial charge on any atom is 0.137 e. The van der Waals surface area contributed by atoms with E-state index in [2.05, 4.69) is 23.1 Å². The second-order valence-corrected chi connectivity index (χ2v) is 6.11. The van der Waals surface area contributed by atoms with Gasteiger partial charge in [-0.3, -0.25) is 0 Å². The van der Waals surface area contributed by atoms with Gasteiger partial charge in [-0.15, -0.1) is 0 Å². The van der Waals surface area contributed by atoms with E-state index in [4.69, 9.17) is 11.6 Å². The Kier molecular flexibility index (Phi) is 3.83. The summed E-state index contributed by atoms with van der Waals surface area (Å²) in [6.07, 6.45) is 7.07. The average Bonchev–Trinajstić information content (AvgIpc) is 3.05. The topological polar surface area (TPSA) is 50.9 Å². The fourth-order valence-corrected chi connectivity index (χ4v) is 3.05. The fourth-order valence-electron chi connectivity index (χ4n) is 2.92. The Bertz CT molecular complexity index is 636. The summed E-state index contributed by atoms with van der Waals surface area (Å²) in [5.74, 6) is 0.195. The largest absolute Gasteiger partial charge is 0.383 e. The molecule has 1 aromatic carbocycles. The van der Waals surface area contributed by atoms with Crippen LogP contribution in [0.2, 0.25) is 5.02 Å². The molecule has 21 heavy (non-hydrogen) atoms. The molecule has 110 valence electrons. The van der Waals surface area contributed by atoms with Gasteiger partial charge < -0.3 is 5.11 Å². The number of hydrogen-bond acceptors (Lipinski definition) is 3. The molecule has 2 unspecified atom stereocenters. The van der Waals surface area contributed by atoms with E-state index in [1.165, 1.54) is 6.33 Å². The minimum Gasteiger partial charge on any atom is -0.383 e. The van der Waals surface area contributed by atoms with Crippen LogP contribution in [0.3, 0.4) is 0 Å². The number of aromatic nitrogens is 3. The molecule has 1 aromatic heterocycles. The summed E-state index contributed by atoms with van der Waals surface area (Å²) >= 11 is 5.91. The zero-order valence-corrected chi connectivity index (χ0v) is 12.7. The highest BCUT2D eigenvalue weighted by Gasteiger charge is 2.43. The van der Waals surface area contributed by atoms with E-state index in [1.54, 1.807) is 11.0 Å². The van der Waals surface area contributed by atoms with Crippen molar-refractivity contribution >= 4 is 17.7 Å². The first-order chi connectivity index (χ1) is 10.1. The van der Waals surface area contributed by atoms with E-state index in [-0.39, 0.29) is 5.92 Å². The Morgan fingerprint density at radius 1 is 1.43 bits per heavy atom. The van der Waals surface area contributed by atoms with Gasteiger partial charge in [0.15, 0.2) is 0 Å². The standard InChI is InChI=1S/C16H18ClN3O/c1-12-2-5-14(8-13-3-6-15(17)7-4-13)16(12,21)9-20-11-18-10-19-20/h3-4,6-8,10-12,21H,2,5,9H2,1H3. The van der Waals surface area contributed by atoms with Crippen LogP contribution in [0, 0.1) is 5.92 Å². The molecule has 1 N–H and O–H groups in total. The van der Waals surface area contributed by atoms with Gasteiger partial charge in [-0.2, -0.15) is 5.10 Å². The summed E-state index contributed by atoms with van der Waals surface area (Å²) in [7, 11) is 0. The van der Waals surface area contributed by atoms with Gasteiger partial charge in [0.05, 0.1) is 6.54 Å². The van der Waals surface area contributed by atoms with Crippen LogP contribution in [-0.4, -0.2) is 25.5 Å². The van der Waals surface area contributed by atoms with E-state index in [0.29, 0.717) is 6.54 Å². The predicted octanol–water partition coefficient (Wildman–Crippen LogP) is 3.18. The van der Waals surface area contributed by atoms with Crippen molar-refractivity contribution in [2.45, 2.75) is 31.9 Å². The molecule has 4 nitrogen and oxygen atoms in total. The van der Waals surface area contributed by atoms with Gasteiger partial charge in [0.2, 0.25) is 0 Å². The number of halogens is 1. The molecule has 2 aromatic rings. The summed E-state index contributed by atoms with van der Waals surface area (Å²) in [6.45, 7) is 2.52. The first kappa shape index (κ1) is 14.3. The van der Waals surface area contributed by atoms with Crippen molar-refractivity contribution in [1.29, 1.82) is 0 Å². The Morgan fingerprint density at radius 2 is 2.19 bits per heavy atom. The molecule has 0 spiro atoms. The second-order valence-electron chi connectivity index (χ2n) is 5.68. The summed E-state index contributed by atoms with van der Waals surface area (Å²) < 4.78 is 1.69. The van der Waals surface area contributed by atoms with Crippen molar-refractivity contribution in [3.8, 4) is 0 Å². The first-order valence-electron chi connectivity index (χ1n) is 7.09. The molecule has 1 aliphatic carbocycles. The molecule has 2 atom stereocenters. The number of rotatable bonds is 3. The number of aliphatic hydroxyl groups is 1. The van der Waals surface area contributed by atoms with Gasteiger partial charge in [0, 0.05) is 5.02 Å². The Balaban J connectivity index is 1.91. The average molecular weight is 304 g/mol. The highest BCUT2D eigenvalue weighted by Crippen LogP contribution is 2.42. The van der Waals surface area contributed by atoms with Crippen LogP contribution < -0.4 is 0 Å². The lowest BCUT2D eigenvalue weighted by atomic mass is 9.88. The lowest BCUT2D eigenvalue weighted by Crippen LogP contribution is -2.38. The highest BCUT2D eigenvalue weighted by atomic mass is 35.5. The zero-order valence-electron chi connectivity index (χ0n) is 11.9. The molecule has 5 heteroatoms. The van der Waals surface area contributed by atoms with Crippen LogP contribution in [0.15, 0.2) is 42.5 Å². The quantitative estimate of drug-likeness (QED) is 0.947. The molecule has 1 aliphatic rings. The Labute approximate surface area is 129 Å². The molecule has 0 amide bonds. The van der Waals surface area contributed by atoms with Gasteiger partial charge in [-0.05, 0) is 42.0 Å². The fraction of sp³-hybridized carbons (Fsp3) is 0.375. The van der Waals surface area contributed by atoms with Crippen LogP contribution in [0.4, 0.5) is 0 Å². The van der Waals surface area contributed by atoms with Gasteiger partial charge >= 0.3 is 0 Å². The summed E-state index contributed by atoms with van der Waals surface area (Å²) in [5.41, 5.74) is 1.24. The Hall–Kier alpha value is -1.65. The number of nitrogens with zero attached hydrogens (tertiary/aromatic N) is 3. The van der Waals surface area contributed by atoms with Crippen molar-refractivity contribution in [3.63, 3.8) is 0 Å². The number of hydrogen-bond donors (Lipinski definition) is 1. The van der Waals surface area contributed by atoms with Gasteiger partial charge in [-0.1, -0.05) is 36.7 Å². The molecule has 0 saturated heterocycles. The molecule has 3 rings (SSSR count). The minimum absolute atomic E-state index is 0.195. The maximum atomic E-state index is 11.1. The monoisotopic (exact) mass is 303 g/mol. The number of benzene rings is 1. The van der Waals surface area contributed by atoms with Crippen molar-refractivity contribution in [2.75, 3.05) is 0 Å². The third-order valence-corrected chi connectivity index (χ3v) is 4.55. The molecular formula is C16H18ClN3O. The van der Waals surface area contributed by atoms with Crippen molar-refractivity contribution in [3.05, 3.63) is 53.1 Å². The summed E-state index contributed by atoms with van der Waals surface area (Å²) in [5, 5.41) is 16.0. The molecule has 1 fully saturated rings. The highest BCUT2D eigenvalue weighted by molar-refractivity contribution is 6.30. The molecule has 1 heterocycles.